The van der Waals surface area contributed by atoms with Gasteiger partial charge in [-0.05, 0) is 36.2 Å². The van der Waals surface area contributed by atoms with Crippen molar-refractivity contribution >= 4 is 22.5 Å². The summed E-state index contributed by atoms with van der Waals surface area (Å²) in [5.41, 5.74) is 4.65. The number of rotatable bonds is 2. The summed E-state index contributed by atoms with van der Waals surface area (Å²) in [5, 5.41) is 14.2. The molecule has 0 radical (unpaired) electrons. The molecule has 0 spiro atoms. The van der Waals surface area contributed by atoms with Crippen LogP contribution in [-0.2, 0) is 13.0 Å². The van der Waals surface area contributed by atoms with E-state index in [1.807, 2.05) is 36.4 Å². The SMILES string of the molecule is O=C(Nc1cccc2c1CCNC2)c1n[nH]c2ccccc12. The number of nitrogens with one attached hydrogen (secondary N) is 3. The van der Waals surface area contributed by atoms with Crippen LogP contribution >= 0.6 is 0 Å². The number of hydrogen-bond donors (Lipinski definition) is 3. The third-order valence-electron chi connectivity index (χ3n) is 4.07. The lowest BCUT2D eigenvalue weighted by molar-refractivity contribution is 0.102. The molecule has 0 fully saturated rings. The maximum Gasteiger partial charge on any atom is 0.276 e. The lowest BCUT2D eigenvalue weighted by atomic mass is 9.99. The molecule has 1 aliphatic rings. The fourth-order valence-electron chi connectivity index (χ4n) is 2.97. The molecule has 1 amide bonds. The predicted molar refractivity (Wildman–Crippen MR) is 85.9 cm³/mol. The monoisotopic (exact) mass is 292 g/mol. The largest absolute Gasteiger partial charge is 0.320 e. The van der Waals surface area contributed by atoms with Gasteiger partial charge in [-0.3, -0.25) is 9.89 Å². The number of carbonyl (C=O) groups excluding carboxylic acids is 1. The minimum atomic E-state index is -0.176. The Morgan fingerprint density at radius 2 is 2.05 bits per heavy atom. The fraction of sp³-hybridized carbons (Fsp3) is 0.176. The predicted octanol–water partition coefficient (Wildman–Crippen LogP) is 2.46. The smallest absolute Gasteiger partial charge is 0.276 e. The number of anilines is 1. The van der Waals surface area contributed by atoms with Gasteiger partial charge in [-0.15, -0.1) is 0 Å². The van der Waals surface area contributed by atoms with Crippen molar-refractivity contribution in [1.82, 2.24) is 15.5 Å². The molecule has 3 N–H and O–H groups in total. The number of fused-ring (bicyclic) bond motifs is 2. The molecule has 2 heterocycles. The average Bonchev–Trinajstić information content (AvgIpc) is 2.99. The van der Waals surface area contributed by atoms with Crippen molar-refractivity contribution in [3.63, 3.8) is 0 Å². The van der Waals surface area contributed by atoms with Crippen LogP contribution in [0.4, 0.5) is 5.69 Å². The normalized spacial score (nSPS) is 13.8. The molecule has 22 heavy (non-hydrogen) atoms. The van der Waals surface area contributed by atoms with Gasteiger partial charge in [0.25, 0.3) is 5.91 Å². The van der Waals surface area contributed by atoms with Crippen LogP contribution in [-0.4, -0.2) is 22.6 Å². The Balaban J connectivity index is 1.68. The van der Waals surface area contributed by atoms with Crippen LogP contribution in [0.25, 0.3) is 10.9 Å². The zero-order valence-electron chi connectivity index (χ0n) is 12.0. The zero-order chi connectivity index (χ0) is 14.9. The second-order valence-corrected chi connectivity index (χ2v) is 5.44. The van der Waals surface area contributed by atoms with Gasteiger partial charge in [0, 0.05) is 17.6 Å². The van der Waals surface area contributed by atoms with Crippen molar-refractivity contribution < 1.29 is 4.79 Å². The van der Waals surface area contributed by atoms with E-state index in [1.165, 1.54) is 11.1 Å². The Bertz CT molecular complexity index is 853. The topological polar surface area (TPSA) is 69.8 Å². The van der Waals surface area contributed by atoms with Crippen LogP contribution in [0.15, 0.2) is 42.5 Å². The molecule has 1 aromatic heterocycles. The van der Waals surface area contributed by atoms with Crippen molar-refractivity contribution in [2.75, 3.05) is 11.9 Å². The van der Waals surface area contributed by atoms with Crippen LogP contribution in [0.1, 0.15) is 21.6 Å². The number of benzene rings is 2. The van der Waals surface area contributed by atoms with Gasteiger partial charge >= 0.3 is 0 Å². The number of amides is 1. The summed E-state index contributed by atoms with van der Waals surface area (Å²) in [5.74, 6) is -0.176. The summed E-state index contributed by atoms with van der Waals surface area (Å²) in [7, 11) is 0. The van der Waals surface area contributed by atoms with E-state index in [0.717, 1.165) is 36.1 Å². The van der Waals surface area contributed by atoms with Crippen LogP contribution in [0, 0.1) is 0 Å². The first-order valence-electron chi connectivity index (χ1n) is 7.39. The Kier molecular flexibility index (Phi) is 3.12. The highest BCUT2D eigenvalue weighted by atomic mass is 16.1. The third kappa shape index (κ3) is 2.16. The van der Waals surface area contributed by atoms with Crippen molar-refractivity contribution in [3.05, 3.63) is 59.3 Å². The van der Waals surface area contributed by atoms with E-state index in [0.29, 0.717) is 5.69 Å². The molecule has 0 saturated carbocycles. The molecular formula is C17H16N4O. The summed E-state index contributed by atoms with van der Waals surface area (Å²) in [6, 6.07) is 13.7. The first-order valence-corrected chi connectivity index (χ1v) is 7.39. The molecule has 5 nitrogen and oxygen atoms in total. The number of aromatic amines is 1. The minimum absolute atomic E-state index is 0.176. The maximum atomic E-state index is 12.6. The summed E-state index contributed by atoms with van der Waals surface area (Å²) >= 11 is 0. The summed E-state index contributed by atoms with van der Waals surface area (Å²) in [6.45, 7) is 1.79. The van der Waals surface area contributed by atoms with Crippen LogP contribution in [0.3, 0.4) is 0 Å². The summed E-state index contributed by atoms with van der Waals surface area (Å²) < 4.78 is 0. The first-order chi connectivity index (χ1) is 10.8. The lowest BCUT2D eigenvalue weighted by Crippen LogP contribution is -2.25. The number of H-pyrrole nitrogens is 1. The summed E-state index contributed by atoms with van der Waals surface area (Å²) in [6.07, 6.45) is 0.924. The maximum absolute atomic E-state index is 12.6. The van der Waals surface area contributed by atoms with E-state index in [1.54, 1.807) is 0 Å². The van der Waals surface area contributed by atoms with E-state index in [-0.39, 0.29) is 5.91 Å². The molecule has 0 saturated heterocycles. The number of carbonyl (C=O) groups is 1. The molecule has 0 atom stereocenters. The van der Waals surface area contributed by atoms with Gasteiger partial charge in [0.05, 0.1) is 5.52 Å². The molecule has 3 aromatic rings. The van der Waals surface area contributed by atoms with Crippen LogP contribution in [0.5, 0.6) is 0 Å². The van der Waals surface area contributed by atoms with E-state index in [4.69, 9.17) is 0 Å². The molecule has 0 unspecified atom stereocenters. The quantitative estimate of drug-likeness (QED) is 0.679. The molecule has 5 heteroatoms. The number of hydrogen-bond acceptors (Lipinski definition) is 3. The molecule has 0 aliphatic carbocycles. The van der Waals surface area contributed by atoms with E-state index < -0.39 is 0 Å². The van der Waals surface area contributed by atoms with Gasteiger partial charge in [-0.25, -0.2) is 0 Å². The van der Waals surface area contributed by atoms with Gasteiger partial charge < -0.3 is 10.6 Å². The molecule has 110 valence electrons. The second kappa shape index (κ2) is 5.27. The van der Waals surface area contributed by atoms with Crippen molar-refractivity contribution in [3.8, 4) is 0 Å². The summed E-state index contributed by atoms with van der Waals surface area (Å²) in [4.78, 5) is 12.6. The molecule has 4 rings (SSSR count). The average molecular weight is 292 g/mol. The highest BCUT2D eigenvalue weighted by Gasteiger charge is 2.17. The second-order valence-electron chi connectivity index (χ2n) is 5.44. The van der Waals surface area contributed by atoms with Crippen LogP contribution in [0.2, 0.25) is 0 Å². The van der Waals surface area contributed by atoms with Crippen LogP contribution < -0.4 is 10.6 Å². The molecule has 1 aliphatic heterocycles. The zero-order valence-corrected chi connectivity index (χ0v) is 12.0. The lowest BCUT2D eigenvalue weighted by Gasteiger charge is -2.20. The van der Waals surface area contributed by atoms with Crippen molar-refractivity contribution in [2.24, 2.45) is 0 Å². The Labute approximate surface area is 127 Å². The van der Waals surface area contributed by atoms with Gasteiger partial charge in [-0.2, -0.15) is 5.10 Å². The highest BCUT2D eigenvalue weighted by Crippen LogP contribution is 2.24. The highest BCUT2D eigenvalue weighted by molar-refractivity contribution is 6.11. The standard InChI is InChI=1S/C17H16N4O/c22-17(16-13-5-1-2-6-15(13)20-21-16)19-14-7-3-4-11-10-18-9-8-12(11)14/h1-7,18H,8-10H2,(H,19,22)(H,20,21). The Morgan fingerprint density at radius 3 is 3.00 bits per heavy atom. The van der Waals surface area contributed by atoms with Crippen molar-refractivity contribution in [2.45, 2.75) is 13.0 Å². The number of nitrogens with zero attached hydrogens (tertiary/aromatic N) is 1. The fourth-order valence-corrected chi connectivity index (χ4v) is 2.97. The van der Waals surface area contributed by atoms with Crippen molar-refractivity contribution in [1.29, 1.82) is 0 Å². The molecule has 2 aromatic carbocycles. The van der Waals surface area contributed by atoms with E-state index in [9.17, 15) is 4.79 Å². The number of para-hydroxylation sites is 1. The molecular weight excluding hydrogens is 276 g/mol. The third-order valence-corrected chi connectivity index (χ3v) is 4.07. The van der Waals surface area contributed by atoms with Gasteiger partial charge in [0.2, 0.25) is 0 Å². The van der Waals surface area contributed by atoms with Gasteiger partial charge in [0.15, 0.2) is 5.69 Å². The Hall–Kier alpha value is -2.66. The molecule has 0 bridgehead atoms. The first kappa shape index (κ1) is 13.0. The number of aromatic nitrogens is 2. The van der Waals surface area contributed by atoms with Gasteiger partial charge in [-0.1, -0.05) is 30.3 Å². The van der Waals surface area contributed by atoms with Gasteiger partial charge in [0.1, 0.15) is 0 Å². The van der Waals surface area contributed by atoms with E-state index >= 15 is 0 Å². The van der Waals surface area contributed by atoms with E-state index in [2.05, 4.69) is 26.9 Å². The minimum Gasteiger partial charge on any atom is -0.320 e. The Morgan fingerprint density at radius 1 is 1.14 bits per heavy atom.